The number of nitrogens with one attached hydrogen (secondary N) is 1. The number of hydrogen-bond donors (Lipinski definition) is 1. The van der Waals surface area contributed by atoms with Crippen LogP contribution in [0.25, 0.3) is 0 Å². The van der Waals surface area contributed by atoms with Crippen LogP contribution >= 0.6 is 0 Å². The van der Waals surface area contributed by atoms with E-state index in [1.807, 2.05) is 36.5 Å². The molecule has 2 heterocycles. The number of rotatable bonds is 5. The van der Waals surface area contributed by atoms with E-state index in [4.69, 9.17) is 9.72 Å². The number of methoxy groups -OCH3 is 1. The average molecular weight is 390 g/mol. The molecule has 1 saturated heterocycles. The molecule has 1 aliphatic rings. The number of piperazine rings is 1. The molecule has 0 bridgehead atoms. The lowest BCUT2D eigenvalue weighted by Gasteiger charge is -2.37. The predicted molar refractivity (Wildman–Crippen MR) is 119 cm³/mol. The van der Waals surface area contributed by atoms with E-state index in [1.165, 1.54) is 16.8 Å². The average Bonchev–Trinajstić information content (AvgIpc) is 2.76. The zero-order valence-corrected chi connectivity index (χ0v) is 17.2. The predicted octanol–water partition coefficient (Wildman–Crippen LogP) is 4.17. The van der Waals surface area contributed by atoms with Crippen LogP contribution in [0.2, 0.25) is 0 Å². The van der Waals surface area contributed by atoms with Crippen molar-refractivity contribution in [2.24, 2.45) is 0 Å². The van der Waals surface area contributed by atoms with Crippen molar-refractivity contribution in [1.29, 1.82) is 0 Å². The largest absolute Gasteiger partial charge is 0.497 e. The standard InChI is InChI=1S/C23H27N5O/c1-17-6-4-9-21(18(17)2)27-12-14-28(15-13-27)23-24-11-10-22(26-23)25-19-7-5-8-20(16-19)29-3/h4-11,16H,12-15H2,1-3H3,(H,24,25,26). The Hall–Kier alpha value is -3.28. The Kier molecular flexibility index (Phi) is 5.51. The number of anilines is 4. The minimum absolute atomic E-state index is 0.763. The first-order valence-electron chi connectivity index (χ1n) is 9.94. The van der Waals surface area contributed by atoms with Crippen LogP contribution in [0.15, 0.2) is 54.7 Å². The van der Waals surface area contributed by atoms with Gasteiger partial charge in [-0.25, -0.2) is 4.98 Å². The first-order chi connectivity index (χ1) is 14.1. The zero-order valence-electron chi connectivity index (χ0n) is 17.2. The molecule has 0 aliphatic carbocycles. The Balaban J connectivity index is 1.43. The molecule has 2 aromatic carbocycles. The summed E-state index contributed by atoms with van der Waals surface area (Å²) in [5.41, 5.74) is 4.97. The van der Waals surface area contributed by atoms with Crippen LogP contribution in [0.4, 0.5) is 23.1 Å². The van der Waals surface area contributed by atoms with Gasteiger partial charge < -0.3 is 19.9 Å². The quantitative estimate of drug-likeness (QED) is 0.707. The Morgan fingerprint density at radius 2 is 1.69 bits per heavy atom. The summed E-state index contributed by atoms with van der Waals surface area (Å²) in [7, 11) is 1.67. The molecule has 0 unspecified atom stereocenters. The van der Waals surface area contributed by atoms with E-state index >= 15 is 0 Å². The van der Waals surface area contributed by atoms with E-state index in [-0.39, 0.29) is 0 Å². The van der Waals surface area contributed by atoms with E-state index in [0.29, 0.717) is 0 Å². The first-order valence-corrected chi connectivity index (χ1v) is 9.94. The second-order valence-corrected chi connectivity index (χ2v) is 7.29. The number of benzene rings is 2. The van der Waals surface area contributed by atoms with Crippen LogP contribution in [-0.4, -0.2) is 43.3 Å². The van der Waals surface area contributed by atoms with Crippen LogP contribution < -0.4 is 19.9 Å². The van der Waals surface area contributed by atoms with Crippen molar-refractivity contribution in [2.75, 3.05) is 48.4 Å². The van der Waals surface area contributed by atoms with Crippen molar-refractivity contribution in [1.82, 2.24) is 9.97 Å². The smallest absolute Gasteiger partial charge is 0.227 e. The van der Waals surface area contributed by atoms with Crippen molar-refractivity contribution in [3.63, 3.8) is 0 Å². The van der Waals surface area contributed by atoms with Gasteiger partial charge in [0.05, 0.1) is 7.11 Å². The summed E-state index contributed by atoms with van der Waals surface area (Å²) in [6, 6.07) is 16.2. The molecule has 0 atom stereocenters. The number of nitrogens with zero attached hydrogens (tertiary/aromatic N) is 4. The minimum atomic E-state index is 0.763. The van der Waals surface area contributed by atoms with Crippen molar-refractivity contribution in [3.8, 4) is 5.75 Å². The number of aryl methyl sites for hydroxylation is 1. The minimum Gasteiger partial charge on any atom is -0.497 e. The summed E-state index contributed by atoms with van der Waals surface area (Å²) in [5, 5.41) is 3.34. The third-order valence-corrected chi connectivity index (χ3v) is 5.46. The lowest BCUT2D eigenvalue weighted by atomic mass is 10.1. The van der Waals surface area contributed by atoms with Gasteiger partial charge >= 0.3 is 0 Å². The van der Waals surface area contributed by atoms with Gasteiger partial charge in [-0.15, -0.1) is 0 Å². The van der Waals surface area contributed by atoms with Gasteiger partial charge in [0.15, 0.2) is 0 Å². The molecular weight excluding hydrogens is 362 g/mol. The molecule has 4 rings (SSSR count). The third kappa shape index (κ3) is 4.26. The fourth-order valence-corrected chi connectivity index (χ4v) is 3.64. The fraction of sp³-hybridized carbons (Fsp3) is 0.304. The Bertz CT molecular complexity index is 983. The molecule has 0 spiro atoms. The van der Waals surface area contributed by atoms with Gasteiger partial charge in [-0.2, -0.15) is 4.98 Å². The van der Waals surface area contributed by atoms with Crippen molar-refractivity contribution >= 4 is 23.1 Å². The molecule has 1 aliphatic heterocycles. The van der Waals surface area contributed by atoms with Gasteiger partial charge in [0, 0.05) is 49.8 Å². The molecule has 3 aromatic rings. The lowest BCUT2D eigenvalue weighted by Crippen LogP contribution is -2.47. The number of ether oxygens (including phenoxy) is 1. The van der Waals surface area contributed by atoms with Crippen LogP contribution in [-0.2, 0) is 0 Å². The van der Waals surface area contributed by atoms with Crippen LogP contribution in [0, 0.1) is 13.8 Å². The summed E-state index contributed by atoms with van der Waals surface area (Å²) >= 11 is 0. The van der Waals surface area contributed by atoms with Gasteiger partial charge in [0.25, 0.3) is 0 Å². The second-order valence-electron chi connectivity index (χ2n) is 7.29. The van der Waals surface area contributed by atoms with E-state index in [9.17, 15) is 0 Å². The van der Waals surface area contributed by atoms with Crippen LogP contribution in [0.3, 0.4) is 0 Å². The van der Waals surface area contributed by atoms with Crippen LogP contribution in [0.1, 0.15) is 11.1 Å². The second kappa shape index (κ2) is 8.39. The Labute approximate surface area is 172 Å². The molecule has 0 radical (unpaired) electrons. The van der Waals surface area contributed by atoms with Gasteiger partial charge in [-0.05, 0) is 49.2 Å². The Morgan fingerprint density at radius 3 is 2.48 bits per heavy atom. The monoisotopic (exact) mass is 389 g/mol. The highest BCUT2D eigenvalue weighted by Gasteiger charge is 2.20. The molecule has 0 saturated carbocycles. The van der Waals surface area contributed by atoms with E-state index < -0.39 is 0 Å². The van der Waals surface area contributed by atoms with Gasteiger partial charge in [-0.3, -0.25) is 0 Å². The molecular formula is C23H27N5O. The maximum Gasteiger partial charge on any atom is 0.227 e. The molecule has 1 N–H and O–H groups in total. The van der Waals surface area contributed by atoms with Gasteiger partial charge in [0.2, 0.25) is 5.95 Å². The number of aromatic nitrogens is 2. The van der Waals surface area contributed by atoms with Crippen molar-refractivity contribution < 1.29 is 4.74 Å². The molecule has 6 heteroatoms. The van der Waals surface area contributed by atoms with E-state index in [1.54, 1.807) is 7.11 Å². The zero-order chi connectivity index (χ0) is 20.2. The highest BCUT2D eigenvalue weighted by Crippen LogP contribution is 2.25. The SMILES string of the molecule is COc1cccc(Nc2ccnc(N3CCN(c4cccc(C)c4C)CC3)n2)c1. The van der Waals surface area contributed by atoms with Gasteiger partial charge in [-0.1, -0.05) is 18.2 Å². The summed E-state index contributed by atoms with van der Waals surface area (Å²) in [5.74, 6) is 2.35. The summed E-state index contributed by atoms with van der Waals surface area (Å²) in [6.45, 7) is 8.09. The van der Waals surface area contributed by atoms with Crippen molar-refractivity contribution in [3.05, 3.63) is 65.9 Å². The van der Waals surface area contributed by atoms with E-state index in [0.717, 1.165) is 49.4 Å². The molecule has 6 nitrogen and oxygen atoms in total. The molecule has 29 heavy (non-hydrogen) atoms. The van der Waals surface area contributed by atoms with Crippen LogP contribution in [0.5, 0.6) is 5.75 Å². The summed E-state index contributed by atoms with van der Waals surface area (Å²) in [4.78, 5) is 13.9. The molecule has 1 aromatic heterocycles. The first kappa shape index (κ1) is 19.1. The Morgan fingerprint density at radius 1 is 0.931 bits per heavy atom. The van der Waals surface area contributed by atoms with Gasteiger partial charge in [0.1, 0.15) is 11.6 Å². The third-order valence-electron chi connectivity index (χ3n) is 5.46. The fourth-order valence-electron chi connectivity index (χ4n) is 3.64. The molecule has 1 fully saturated rings. The molecule has 150 valence electrons. The highest BCUT2D eigenvalue weighted by molar-refractivity contribution is 5.60. The number of hydrogen-bond acceptors (Lipinski definition) is 6. The van der Waals surface area contributed by atoms with Crippen molar-refractivity contribution in [2.45, 2.75) is 13.8 Å². The molecule has 0 amide bonds. The summed E-state index contributed by atoms with van der Waals surface area (Å²) < 4.78 is 5.29. The van der Waals surface area contributed by atoms with E-state index in [2.05, 4.69) is 52.1 Å². The highest BCUT2D eigenvalue weighted by atomic mass is 16.5. The maximum atomic E-state index is 5.29. The lowest BCUT2D eigenvalue weighted by molar-refractivity contribution is 0.415. The normalized spacial score (nSPS) is 14.0. The summed E-state index contributed by atoms with van der Waals surface area (Å²) in [6.07, 6.45) is 1.81. The maximum absolute atomic E-state index is 5.29. The topological polar surface area (TPSA) is 53.5 Å².